The molecule has 0 unspecified atom stereocenters. The van der Waals surface area contributed by atoms with E-state index < -0.39 is 0 Å². The van der Waals surface area contributed by atoms with Crippen LogP contribution in [0.3, 0.4) is 0 Å². The third-order valence-corrected chi connectivity index (χ3v) is 3.56. The lowest BCUT2D eigenvalue weighted by atomic mass is 10.1. The Kier molecular flexibility index (Phi) is 3.32. The SMILES string of the molecule is CC(=O)Cn1cnc2c(nnn2-c2ccc(C)c(C)c2)c1=O. The fourth-order valence-electron chi connectivity index (χ4n) is 2.23. The van der Waals surface area contributed by atoms with Crippen molar-refractivity contribution in [3.05, 3.63) is 46.0 Å². The zero-order chi connectivity index (χ0) is 15.9. The highest BCUT2D eigenvalue weighted by Crippen LogP contribution is 2.15. The largest absolute Gasteiger partial charge is 0.298 e. The first-order valence-electron chi connectivity index (χ1n) is 6.85. The Bertz CT molecular complexity index is 939. The number of nitrogens with zero attached hydrogens (tertiary/aromatic N) is 5. The Hall–Kier alpha value is -2.83. The molecule has 3 aromatic rings. The number of aryl methyl sites for hydroxylation is 2. The van der Waals surface area contributed by atoms with Crippen molar-refractivity contribution in [3.63, 3.8) is 0 Å². The number of fused-ring (bicyclic) bond motifs is 1. The minimum absolute atomic E-state index is 0.0156. The molecule has 0 aliphatic carbocycles. The maximum absolute atomic E-state index is 12.3. The smallest absolute Gasteiger partial charge is 0.283 e. The Morgan fingerprint density at radius 3 is 2.68 bits per heavy atom. The van der Waals surface area contributed by atoms with Gasteiger partial charge in [0.2, 0.25) is 0 Å². The number of rotatable bonds is 3. The highest BCUT2D eigenvalue weighted by molar-refractivity contribution is 5.76. The van der Waals surface area contributed by atoms with Gasteiger partial charge < -0.3 is 0 Å². The van der Waals surface area contributed by atoms with E-state index in [0.717, 1.165) is 11.3 Å². The van der Waals surface area contributed by atoms with Gasteiger partial charge in [-0.25, -0.2) is 4.98 Å². The average molecular weight is 297 g/mol. The van der Waals surface area contributed by atoms with E-state index in [1.54, 1.807) is 0 Å². The Morgan fingerprint density at radius 2 is 2.00 bits per heavy atom. The summed E-state index contributed by atoms with van der Waals surface area (Å²) in [6.07, 6.45) is 1.35. The zero-order valence-corrected chi connectivity index (χ0v) is 12.6. The van der Waals surface area contributed by atoms with Crippen molar-refractivity contribution in [1.82, 2.24) is 24.5 Å². The van der Waals surface area contributed by atoms with Crippen molar-refractivity contribution in [1.29, 1.82) is 0 Å². The standard InChI is InChI=1S/C15H15N5O2/c1-9-4-5-12(6-10(9)2)20-14-13(17-18-20)15(22)19(8-16-14)7-11(3)21/h4-6,8H,7H2,1-3H3. The van der Waals surface area contributed by atoms with Gasteiger partial charge in [0.1, 0.15) is 12.1 Å². The lowest BCUT2D eigenvalue weighted by molar-refractivity contribution is -0.117. The second-order valence-corrected chi connectivity index (χ2v) is 5.32. The molecule has 0 atom stereocenters. The summed E-state index contributed by atoms with van der Waals surface area (Å²) in [6.45, 7) is 5.43. The fraction of sp³-hybridized carbons (Fsp3) is 0.267. The van der Waals surface area contributed by atoms with Gasteiger partial charge >= 0.3 is 0 Å². The van der Waals surface area contributed by atoms with Crippen LogP contribution in [0.4, 0.5) is 0 Å². The van der Waals surface area contributed by atoms with Crippen LogP contribution in [0.5, 0.6) is 0 Å². The van der Waals surface area contributed by atoms with Crippen molar-refractivity contribution in [2.45, 2.75) is 27.3 Å². The van der Waals surface area contributed by atoms with E-state index in [9.17, 15) is 9.59 Å². The van der Waals surface area contributed by atoms with Gasteiger partial charge in [-0.3, -0.25) is 14.2 Å². The third kappa shape index (κ3) is 2.30. The van der Waals surface area contributed by atoms with E-state index in [0.29, 0.717) is 5.65 Å². The first kappa shape index (κ1) is 14.1. The molecule has 2 heterocycles. The summed E-state index contributed by atoms with van der Waals surface area (Å²) in [5, 5.41) is 7.94. The molecule has 2 aromatic heterocycles. The highest BCUT2D eigenvalue weighted by Gasteiger charge is 2.14. The number of Topliss-reactive ketones (excluding diaryl/α,β-unsaturated/α-hetero) is 1. The maximum Gasteiger partial charge on any atom is 0.283 e. The number of carbonyl (C=O) groups is 1. The van der Waals surface area contributed by atoms with Crippen LogP contribution in [-0.4, -0.2) is 30.3 Å². The second-order valence-electron chi connectivity index (χ2n) is 5.32. The molecule has 112 valence electrons. The van der Waals surface area contributed by atoms with E-state index in [-0.39, 0.29) is 23.4 Å². The molecule has 0 radical (unpaired) electrons. The number of hydrogen-bond acceptors (Lipinski definition) is 5. The number of ketones is 1. The molecule has 0 aliphatic rings. The summed E-state index contributed by atoms with van der Waals surface area (Å²) >= 11 is 0. The topological polar surface area (TPSA) is 82.7 Å². The summed E-state index contributed by atoms with van der Waals surface area (Å²) in [5.74, 6) is -0.121. The molecule has 0 bridgehead atoms. The number of aromatic nitrogens is 5. The van der Waals surface area contributed by atoms with Crippen LogP contribution in [0.15, 0.2) is 29.3 Å². The van der Waals surface area contributed by atoms with Crippen LogP contribution in [0.1, 0.15) is 18.1 Å². The molecule has 0 fully saturated rings. The van der Waals surface area contributed by atoms with E-state index >= 15 is 0 Å². The Labute approximate surface area is 126 Å². The quantitative estimate of drug-likeness (QED) is 0.725. The van der Waals surface area contributed by atoms with E-state index in [2.05, 4.69) is 15.3 Å². The summed E-state index contributed by atoms with van der Waals surface area (Å²) in [6, 6.07) is 5.85. The summed E-state index contributed by atoms with van der Waals surface area (Å²) < 4.78 is 2.77. The van der Waals surface area contributed by atoms with Crippen molar-refractivity contribution in [2.24, 2.45) is 0 Å². The van der Waals surface area contributed by atoms with E-state index in [1.807, 2.05) is 32.0 Å². The highest BCUT2D eigenvalue weighted by atomic mass is 16.1. The maximum atomic E-state index is 12.3. The van der Waals surface area contributed by atoms with Gasteiger partial charge in [-0.05, 0) is 44.0 Å². The second kappa shape index (κ2) is 5.18. The number of benzene rings is 1. The normalized spacial score (nSPS) is 11.0. The molecule has 22 heavy (non-hydrogen) atoms. The van der Waals surface area contributed by atoms with Gasteiger partial charge in [-0.2, -0.15) is 4.68 Å². The molecule has 7 heteroatoms. The first-order chi connectivity index (χ1) is 10.5. The zero-order valence-electron chi connectivity index (χ0n) is 12.6. The number of carbonyl (C=O) groups excluding carboxylic acids is 1. The summed E-state index contributed by atoms with van der Waals surface area (Å²) in [5.41, 5.74) is 3.25. The van der Waals surface area contributed by atoms with Crippen LogP contribution in [0.25, 0.3) is 16.9 Å². The third-order valence-electron chi connectivity index (χ3n) is 3.56. The molecule has 1 aromatic carbocycles. The predicted octanol–water partition coefficient (Wildman–Crippen LogP) is 1.18. The predicted molar refractivity (Wildman–Crippen MR) is 81.1 cm³/mol. The molecular weight excluding hydrogens is 282 g/mol. The van der Waals surface area contributed by atoms with Gasteiger partial charge in [0.05, 0.1) is 12.2 Å². The van der Waals surface area contributed by atoms with Crippen LogP contribution in [0, 0.1) is 13.8 Å². The molecule has 0 N–H and O–H groups in total. The number of hydrogen-bond donors (Lipinski definition) is 0. The molecule has 0 saturated heterocycles. The van der Waals surface area contributed by atoms with Gasteiger partial charge in [0, 0.05) is 0 Å². The molecule has 7 nitrogen and oxygen atoms in total. The summed E-state index contributed by atoms with van der Waals surface area (Å²) in [4.78, 5) is 27.7. The Morgan fingerprint density at radius 1 is 1.23 bits per heavy atom. The van der Waals surface area contributed by atoms with Crippen LogP contribution in [-0.2, 0) is 11.3 Å². The van der Waals surface area contributed by atoms with Gasteiger partial charge in [-0.1, -0.05) is 11.3 Å². The van der Waals surface area contributed by atoms with Crippen molar-refractivity contribution in [3.8, 4) is 5.69 Å². The van der Waals surface area contributed by atoms with E-state index in [4.69, 9.17) is 0 Å². The summed E-state index contributed by atoms with van der Waals surface area (Å²) in [7, 11) is 0. The van der Waals surface area contributed by atoms with Crippen LogP contribution in [0.2, 0.25) is 0 Å². The molecule has 0 aliphatic heterocycles. The monoisotopic (exact) mass is 297 g/mol. The molecular formula is C15H15N5O2. The lowest BCUT2D eigenvalue weighted by Crippen LogP contribution is -2.23. The van der Waals surface area contributed by atoms with Crippen LogP contribution < -0.4 is 5.56 Å². The van der Waals surface area contributed by atoms with Crippen molar-refractivity contribution in [2.75, 3.05) is 0 Å². The van der Waals surface area contributed by atoms with Gasteiger partial charge in [0.15, 0.2) is 11.2 Å². The molecule has 0 amide bonds. The van der Waals surface area contributed by atoms with E-state index in [1.165, 1.54) is 28.1 Å². The molecule has 0 saturated carbocycles. The lowest BCUT2D eigenvalue weighted by Gasteiger charge is -2.06. The first-order valence-corrected chi connectivity index (χ1v) is 6.85. The molecule has 3 rings (SSSR count). The van der Waals surface area contributed by atoms with Crippen molar-refractivity contribution >= 4 is 16.9 Å². The minimum Gasteiger partial charge on any atom is -0.298 e. The minimum atomic E-state index is -0.365. The van der Waals surface area contributed by atoms with Gasteiger partial charge in [0.25, 0.3) is 5.56 Å². The molecule has 0 spiro atoms. The van der Waals surface area contributed by atoms with Gasteiger partial charge in [-0.15, -0.1) is 5.10 Å². The van der Waals surface area contributed by atoms with Crippen LogP contribution >= 0.6 is 0 Å². The Balaban J connectivity index is 2.17. The fourth-order valence-corrected chi connectivity index (χ4v) is 2.23. The average Bonchev–Trinajstić information content (AvgIpc) is 2.89. The van der Waals surface area contributed by atoms with Crippen molar-refractivity contribution < 1.29 is 4.79 Å².